The summed E-state index contributed by atoms with van der Waals surface area (Å²) >= 11 is 3.36. The minimum Gasteiger partial charge on any atom is -0.492 e. The zero-order chi connectivity index (χ0) is 14.4. The van der Waals surface area contributed by atoms with Crippen molar-refractivity contribution in [2.24, 2.45) is 0 Å². The number of rotatable bonds is 5. The predicted octanol–water partition coefficient (Wildman–Crippen LogP) is 2.69. The van der Waals surface area contributed by atoms with Crippen molar-refractivity contribution in [1.29, 1.82) is 0 Å². The van der Waals surface area contributed by atoms with Crippen LogP contribution in [0.25, 0.3) is 0 Å². The van der Waals surface area contributed by atoms with Gasteiger partial charge in [-0.2, -0.15) is 0 Å². The Morgan fingerprint density at radius 2 is 2.26 bits per heavy atom. The van der Waals surface area contributed by atoms with Crippen molar-refractivity contribution in [2.75, 3.05) is 25.6 Å². The summed E-state index contributed by atoms with van der Waals surface area (Å²) in [7, 11) is 1.63. The van der Waals surface area contributed by atoms with Crippen molar-refractivity contribution >= 4 is 27.6 Å². The van der Waals surface area contributed by atoms with Crippen LogP contribution in [0.5, 0.6) is 5.75 Å². The molecule has 0 spiro atoms. The maximum Gasteiger partial charge on any atom is 0.322 e. The lowest BCUT2D eigenvalue weighted by Crippen LogP contribution is -2.40. The normalized spacial score (nSPS) is 11.8. The highest BCUT2D eigenvalue weighted by Crippen LogP contribution is 2.28. The molecule has 1 aromatic rings. The van der Waals surface area contributed by atoms with Gasteiger partial charge in [0.1, 0.15) is 5.75 Å². The minimum absolute atomic E-state index is 0.0808. The van der Waals surface area contributed by atoms with Gasteiger partial charge in [-0.3, -0.25) is 0 Å². The molecule has 0 aliphatic rings. The molecule has 0 bridgehead atoms. The third-order valence-corrected chi connectivity index (χ3v) is 3.22. The van der Waals surface area contributed by atoms with Crippen LogP contribution in [-0.4, -0.2) is 42.3 Å². The van der Waals surface area contributed by atoms with E-state index in [9.17, 15) is 4.79 Å². The van der Waals surface area contributed by atoms with Crippen LogP contribution in [0.2, 0.25) is 0 Å². The molecule has 0 fully saturated rings. The number of carbonyl (C=O) groups is 1. The first kappa shape index (κ1) is 15.8. The first-order valence-electron chi connectivity index (χ1n) is 6.06. The third-order valence-electron chi connectivity index (χ3n) is 2.73. The molecule has 1 atom stereocenters. The van der Waals surface area contributed by atoms with E-state index in [-0.39, 0.29) is 18.7 Å². The van der Waals surface area contributed by atoms with Crippen molar-refractivity contribution in [1.82, 2.24) is 4.90 Å². The molecule has 0 saturated heterocycles. The maximum atomic E-state index is 12.0. The van der Waals surface area contributed by atoms with E-state index < -0.39 is 0 Å². The highest BCUT2D eigenvalue weighted by atomic mass is 79.9. The van der Waals surface area contributed by atoms with Gasteiger partial charge in [0.05, 0.1) is 24.9 Å². The first-order valence-corrected chi connectivity index (χ1v) is 6.85. The molecule has 5 nitrogen and oxygen atoms in total. The molecule has 0 aromatic heterocycles. The molecule has 19 heavy (non-hydrogen) atoms. The molecule has 2 amide bonds. The van der Waals surface area contributed by atoms with Crippen LogP contribution >= 0.6 is 15.9 Å². The summed E-state index contributed by atoms with van der Waals surface area (Å²) in [6.45, 7) is 4.09. The van der Waals surface area contributed by atoms with E-state index in [0.29, 0.717) is 18.0 Å². The van der Waals surface area contributed by atoms with E-state index in [4.69, 9.17) is 9.84 Å². The van der Waals surface area contributed by atoms with Gasteiger partial charge in [-0.05, 0) is 32.0 Å². The Bertz CT molecular complexity index is 440. The quantitative estimate of drug-likeness (QED) is 0.872. The topological polar surface area (TPSA) is 61.8 Å². The second-order valence-electron chi connectivity index (χ2n) is 4.15. The number of nitrogens with one attached hydrogen (secondary N) is 1. The molecule has 0 heterocycles. The van der Waals surface area contributed by atoms with Crippen molar-refractivity contribution in [3.05, 3.63) is 22.7 Å². The molecule has 6 heteroatoms. The number of ether oxygens (including phenoxy) is 1. The number of benzene rings is 1. The number of nitrogens with zero attached hydrogens (tertiary/aromatic N) is 1. The van der Waals surface area contributed by atoms with Gasteiger partial charge in [-0.15, -0.1) is 0 Å². The van der Waals surface area contributed by atoms with E-state index in [2.05, 4.69) is 21.2 Å². The molecule has 0 radical (unpaired) electrons. The lowest BCUT2D eigenvalue weighted by atomic mass is 10.3. The molecule has 0 unspecified atom stereocenters. The van der Waals surface area contributed by atoms with Crippen LogP contribution in [0.15, 0.2) is 22.7 Å². The van der Waals surface area contributed by atoms with Crippen LogP contribution in [0.3, 0.4) is 0 Å². The third kappa shape index (κ3) is 4.40. The summed E-state index contributed by atoms with van der Waals surface area (Å²) in [5.74, 6) is 0.607. The Labute approximate surface area is 121 Å². The largest absolute Gasteiger partial charge is 0.492 e. The van der Waals surface area contributed by atoms with Gasteiger partial charge in [0.15, 0.2) is 0 Å². The fraction of sp³-hybridized carbons (Fsp3) is 0.462. The summed E-state index contributed by atoms with van der Waals surface area (Å²) < 4.78 is 6.35. The van der Waals surface area contributed by atoms with Crippen LogP contribution in [0, 0.1) is 0 Å². The Kier molecular flexibility index (Phi) is 6.11. The molecule has 0 aliphatic heterocycles. The minimum atomic E-state index is -0.287. The average molecular weight is 331 g/mol. The molecule has 2 N–H and O–H groups in total. The fourth-order valence-electron chi connectivity index (χ4n) is 1.40. The predicted molar refractivity (Wildman–Crippen MR) is 78.6 cm³/mol. The highest BCUT2D eigenvalue weighted by molar-refractivity contribution is 9.10. The summed E-state index contributed by atoms with van der Waals surface area (Å²) in [5, 5.41) is 11.8. The molecule has 0 aliphatic carbocycles. The number of likely N-dealkylation sites (N-methyl/N-ethyl adjacent to an activating group) is 1. The van der Waals surface area contributed by atoms with Crippen molar-refractivity contribution in [3.63, 3.8) is 0 Å². The van der Waals surface area contributed by atoms with Gasteiger partial charge in [-0.1, -0.05) is 15.9 Å². The fourth-order valence-corrected chi connectivity index (χ4v) is 1.74. The van der Waals surface area contributed by atoms with Crippen LogP contribution < -0.4 is 10.1 Å². The Hall–Kier alpha value is -1.27. The number of anilines is 1. The molecule has 0 saturated carbocycles. The zero-order valence-electron chi connectivity index (χ0n) is 11.3. The Balaban J connectivity index is 2.84. The molecule has 1 aromatic carbocycles. The van der Waals surface area contributed by atoms with E-state index in [1.807, 2.05) is 13.0 Å². The van der Waals surface area contributed by atoms with Gasteiger partial charge in [-0.25, -0.2) is 4.79 Å². The highest BCUT2D eigenvalue weighted by Gasteiger charge is 2.16. The average Bonchev–Trinajstić information content (AvgIpc) is 2.40. The second kappa shape index (κ2) is 7.35. The number of carbonyl (C=O) groups excluding carboxylic acids is 1. The Morgan fingerprint density at radius 3 is 2.84 bits per heavy atom. The molecule has 106 valence electrons. The SMILES string of the molecule is CCOc1cc(Br)ccc1NC(=O)N(C)[C@H](C)CO. The number of amides is 2. The van der Waals surface area contributed by atoms with Gasteiger partial charge in [0, 0.05) is 11.5 Å². The van der Waals surface area contributed by atoms with Crippen LogP contribution in [0.4, 0.5) is 10.5 Å². The van der Waals surface area contributed by atoms with Gasteiger partial charge in [0.2, 0.25) is 0 Å². The maximum absolute atomic E-state index is 12.0. The first-order chi connectivity index (χ1) is 8.99. The van der Waals surface area contributed by atoms with E-state index in [0.717, 1.165) is 4.47 Å². The number of aliphatic hydroxyl groups excluding tert-OH is 1. The van der Waals surface area contributed by atoms with Crippen LogP contribution in [-0.2, 0) is 0 Å². The van der Waals surface area contributed by atoms with E-state index in [1.165, 1.54) is 4.90 Å². The second-order valence-corrected chi connectivity index (χ2v) is 5.06. The number of aliphatic hydroxyl groups is 1. The van der Waals surface area contributed by atoms with E-state index >= 15 is 0 Å². The number of hydrogen-bond acceptors (Lipinski definition) is 3. The smallest absolute Gasteiger partial charge is 0.322 e. The molecular weight excluding hydrogens is 312 g/mol. The lowest BCUT2D eigenvalue weighted by Gasteiger charge is -2.24. The number of hydrogen-bond donors (Lipinski definition) is 2. The number of urea groups is 1. The molecular formula is C13H19BrN2O3. The van der Waals surface area contributed by atoms with Gasteiger partial charge >= 0.3 is 6.03 Å². The van der Waals surface area contributed by atoms with Gasteiger partial charge < -0.3 is 20.1 Å². The summed E-state index contributed by atoms with van der Waals surface area (Å²) in [4.78, 5) is 13.4. The monoisotopic (exact) mass is 330 g/mol. The standard InChI is InChI=1S/C13H19BrN2O3/c1-4-19-12-7-10(14)5-6-11(12)15-13(18)16(3)9(2)8-17/h5-7,9,17H,4,8H2,1-3H3,(H,15,18)/t9-/m1/s1. The number of halogens is 1. The van der Waals surface area contributed by atoms with Crippen LogP contribution in [0.1, 0.15) is 13.8 Å². The van der Waals surface area contributed by atoms with Crippen molar-refractivity contribution in [3.8, 4) is 5.75 Å². The lowest BCUT2D eigenvalue weighted by molar-refractivity contribution is 0.166. The van der Waals surface area contributed by atoms with E-state index in [1.54, 1.807) is 26.1 Å². The summed E-state index contributed by atoms with van der Waals surface area (Å²) in [6.07, 6.45) is 0. The zero-order valence-corrected chi connectivity index (χ0v) is 12.9. The van der Waals surface area contributed by atoms with Crippen molar-refractivity contribution in [2.45, 2.75) is 19.9 Å². The van der Waals surface area contributed by atoms with Gasteiger partial charge in [0.25, 0.3) is 0 Å². The summed E-state index contributed by atoms with van der Waals surface area (Å²) in [5.41, 5.74) is 0.604. The summed E-state index contributed by atoms with van der Waals surface area (Å²) in [6, 6.07) is 4.86. The molecule has 1 rings (SSSR count). The Morgan fingerprint density at radius 1 is 1.58 bits per heavy atom. The van der Waals surface area contributed by atoms with Crippen molar-refractivity contribution < 1.29 is 14.6 Å².